The number of aromatic nitrogens is 1. The molecule has 0 aliphatic carbocycles. The van der Waals surface area contributed by atoms with Crippen LogP contribution in [-0.2, 0) is 0 Å². The summed E-state index contributed by atoms with van der Waals surface area (Å²) in [6, 6.07) is 3.64. The second-order valence-electron chi connectivity index (χ2n) is 3.08. The maximum Gasteiger partial charge on any atom is 0.354 e. The number of carboxylic acids is 1. The summed E-state index contributed by atoms with van der Waals surface area (Å²) in [5.74, 6) is -1.97. The van der Waals surface area contributed by atoms with Crippen LogP contribution in [0.4, 0.5) is 4.39 Å². The summed E-state index contributed by atoms with van der Waals surface area (Å²) >= 11 is 11.5. The Morgan fingerprint density at radius 3 is 2.62 bits per heavy atom. The van der Waals surface area contributed by atoms with Crippen LogP contribution < -0.4 is 0 Å². The zero-order valence-electron chi connectivity index (χ0n) is 7.67. The summed E-state index contributed by atoms with van der Waals surface area (Å²) in [7, 11) is 0. The minimum absolute atomic E-state index is 0.101. The molecule has 0 aliphatic rings. The highest BCUT2D eigenvalue weighted by atomic mass is 35.5. The van der Waals surface area contributed by atoms with Crippen molar-refractivity contribution in [3.05, 3.63) is 39.8 Å². The van der Waals surface area contributed by atoms with Gasteiger partial charge in [-0.25, -0.2) is 14.2 Å². The first-order valence-corrected chi connectivity index (χ1v) is 4.93. The molecule has 1 aromatic carbocycles. The van der Waals surface area contributed by atoms with Gasteiger partial charge in [0.2, 0.25) is 0 Å². The van der Waals surface area contributed by atoms with E-state index in [-0.39, 0.29) is 26.6 Å². The summed E-state index contributed by atoms with van der Waals surface area (Å²) in [6.45, 7) is 0. The standard InChI is InChI=1S/C10H4Cl2FNO2/c11-4-1-5-6(12)3-8(10(15)16)14-9(5)7(13)2-4/h1-3H,(H,15,16). The fourth-order valence-corrected chi connectivity index (χ4v) is 1.77. The van der Waals surface area contributed by atoms with E-state index in [4.69, 9.17) is 28.3 Å². The van der Waals surface area contributed by atoms with E-state index in [0.29, 0.717) is 0 Å². The molecular formula is C10H4Cl2FNO2. The van der Waals surface area contributed by atoms with E-state index in [1.165, 1.54) is 6.07 Å². The van der Waals surface area contributed by atoms with E-state index < -0.39 is 11.8 Å². The van der Waals surface area contributed by atoms with E-state index in [1.54, 1.807) is 0 Å². The van der Waals surface area contributed by atoms with Crippen LogP contribution in [0, 0.1) is 5.82 Å². The summed E-state index contributed by atoms with van der Waals surface area (Å²) in [5.41, 5.74) is -0.409. The molecule has 82 valence electrons. The smallest absolute Gasteiger partial charge is 0.354 e. The van der Waals surface area contributed by atoms with Gasteiger partial charge in [-0.05, 0) is 18.2 Å². The Hall–Kier alpha value is -1.39. The van der Waals surface area contributed by atoms with E-state index in [9.17, 15) is 9.18 Å². The molecule has 1 N–H and O–H groups in total. The van der Waals surface area contributed by atoms with Gasteiger partial charge in [0.1, 0.15) is 5.52 Å². The number of carbonyl (C=O) groups is 1. The fourth-order valence-electron chi connectivity index (χ4n) is 1.32. The van der Waals surface area contributed by atoms with Crippen LogP contribution in [0.2, 0.25) is 10.0 Å². The first-order valence-electron chi connectivity index (χ1n) is 4.17. The van der Waals surface area contributed by atoms with Gasteiger partial charge in [0.15, 0.2) is 11.5 Å². The number of aromatic carboxylic acids is 1. The van der Waals surface area contributed by atoms with Crippen molar-refractivity contribution in [2.75, 3.05) is 0 Å². The maximum atomic E-state index is 13.5. The summed E-state index contributed by atoms with van der Waals surface area (Å²) in [5, 5.41) is 9.31. The molecule has 0 spiro atoms. The molecule has 0 fully saturated rings. The zero-order valence-corrected chi connectivity index (χ0v) is 9.18. The lowest BCUT2D eigenvalue weighted by Crippen LogP contribution is -2.01. The van der Waals surface area contributed by atoms with Gasteiger partial charge in [0.05, 0.1) is 5.02 Å². The fraction of sp³-hybridized carbons (Fsp3) is 0. The average Bonchev–Trinajstić information content (AvgIpc) is 2.19. The van der Waals surface area contributed by atoms with Crippen LogP contribution in [-0.4, -0.2) is 16.1 Å². The first-order chi connectivity index (χ1) is 7.49. The van der Waals surface area contributed by atoms with E-state index in [1.807, 2.05) is 0 Å². The minimum Gasteiger partial charge on any atom is -0.477 e. The third-order valence-corrected chi connectivity index (χ3v) is 2.53. The lowest BCUT2D eigenvalue weighted by atomic mass is 10.2. The van der Waals surface area contributed by atoms with Gasteiger partial charge in [0.25, 0.3) is 0 Å². The zero-order chi connectivity index (χ0) is 11.9. The van der Waals surface area contributed by atoms with Crippen LogP contribution in [0.5, 0.6) is 0 Å². The number of pyridine rings is 1. The predicted molar refractivity (Wildman–Crippen MR) is 58.7 cm³/mol. The minimum atomic E-state index is -1.27. The number of hydrogen-bond acceptors (Lipinski definition) is 2. The van der Waals surface area contributed by atoms with Crippen molar-refractivity contribution in [3.63, 3.8) is 0 Å². The summed E-state index contributed by atoms with van der Waals surface area (Å²) < 4.78 is 13.5. The Bertz CT molecular complexity index is 601. The van der Waals surface area contributed by atoms with Crippen LogP contribution >= 0.6 is 23.2 Å². The Morgan fingerprint density at radius 1 is 1.31 bits per heavy atom. The SMILES string of the molecule is O=C(O)c1cc(Cl)c2cc(Cl)cc(F)c2n1. The molecule has 16 heavy (non-hydrogen) atoms. The lowest BCUT2D eigenvalue weighted by molar-refractivity contribution is 0.0691. The molecule has 0 bridgehead atoms. The van der Waals surface area contributed by atoms with Crippen LogP contribution in [0.15, 0.2) is 18.2 Å². The van der Waals surface area contributed by atoms with Gasteiger partial charge >= 0.3 is 5.97 Å². The molecular weight excluding hydrogens is 256 g/mol. The second kappa shape index (κ2) is 3.88. The number of nitrogens with zero attached hydrogens (tertiary/aromatic N) is 1. The van der Waals surface area contributed by atoms with Crippen molar-refractivity contribution in [1.82, 2.24) is 4.98 Å². The normalized spacial score (nSPS) is 10.7. The number of benzene rings is 1. The molecule has 2 aromatic rings. The van der Waals surface area contributed by atoms with Crippen LogP contribution in [0.3, 0.4) is 0 Å². The highest BCUT2D eigenvalue weighted by Crippen LogP contribution is 2.28. The van der Waals surface area contributed by atoms with E-state index in [0.717, 1.165) is 12.1 Å². The Morgan fingerprint density at radius 2 is 2.00 bits per heavy atom. The molecule has 1 aromatic heterocycles. The van der Waals surface area contributed by atoms with E-state index >= 15 is 0 Å². The van der Waals surface area contributed by atoms with Gasteiger partial charge < -0.3 is 5.11 Å². The van der Waals surface area contributed by atoms with E-state index in [2.05, 4.69) is 4.98 Å². The van der Waals surface area contributed by atoms with Gasteiger partial charge in [-0.15, -0.1) is 0 Å². The Kier molecular flexibility index (Phi) is 2.69. The average molecular weight is 260 g/mol. The topological polar surface area (TPSA) is 50.2 Å². The van der Waals surface area contributed by atoms with Crippen LogP contribution in [0.1, 0.15) is 10.5 Å². The molecule has 0 unspecified atom stereocenters. The number of halogens is 3. The predicted octanol–water partition coefficient (Wildman–Crippen LogP) is 3.38. The quantitative estimate of drug-likeness (QED) is 0.854. The third-order valence-electron chi connectivity index (χ3n) is 2.00. The highest BCUT2D eigenvalue weighted by molar-refractivity contribution is 6.37. The van der Waals surface area contributed by atoms with Crippen molar-refractivity contribution in [2.24, 2.45) is 0 Å². The monoisotopic (exact) mass is 259 g/mol. The number of fused-ring (bicyclic) bond motifs is 1. The van der Waals surface area contributed by atoms with Gasteiger partial charge in [-0.1, -0.05) is 23.2 Å². The number of rotatable bonds is 1. The maximum absolute atomic E-state index is 13.5. The van der Waals surface area contributed by atoms with Crippen molar-refractivity contribution < 1.29 is 14.3 Å². The molecule has 6 heteroatoms. The van der Waals surface area contributed by atoms with Crippen LogP contribution in [0.25, 0.3) is 10.9 Å². The Balaban J connectivity index is 2.87. The second-order valence-corrected chi connectivity index (χ2v) is 3.92. The van der Waals surface area contributed by atoms with Gasteiger partial charge in [0, 0.05) is 10.4 Å². The summed E-state index contributed by atoms with van der Waals surface area (Å²) in [4.78, 5) is 14.4. The molecule has 3 nitrogen and oxygen atoms in total. The molecule has 2 rings (SSSR count). The van der Waals surface area contributed by atoms with Crippen molar-refractivity contribution in [3.8, 4) is 0 Å². The van der Waals surface area contributed by atoms with Crippen molar-refractivity contribution >= 4 is 40.1 Å². The highest BCUT2D eigenvalue weighted by Gasteiger charge is 2.13. The molecule has 0 radical (unpaired) electrons. The molecule has 1 heterocycles. The third kappa shape index (κ3) is 1.81. The first kappa shape index (κ1) is 11.1. The lowest BCUT2D eigenvalue weighted by Gasteiger charge is -2.03. The largest absolute Gasteiger partial charge is 0.477 e. The number of carboxylic acid groups (broad SMARTS) is 1. The molecule has 0 amide bonds. The Labute approximate surface area is 99.4 Å². The molecule has 0 saturated carbocycles. The molecule has 0 saturated heterocycles. The van der Waals surface area contributed by atoms with Gasteiger partial charge in [-0.3, -0.25) is 0 Å². The number of hydrogen-bond donors (Lipinski definition) is 1. The van der Waals surface area contributed by atoms with Crippen molar-refractivity contribution in [2.45, 2.75) is 0 Å². The molecule has 0 atom stereocenters. The van der Waals surface area contributed by atoms with Gasteiger partial charge in [-0.2, -0.15) is 0 Å². The summed E-state index contributed by atoms with van der Waals surface area (Å²) in [6.07, 6.45) is 0. The molecule has 0 aliphatic heterocycles. The van der Waals surface area contributed by atoms with Crippen molar-refractivity contribution in [1.29, 1.82) is 0 Å².